The van der Waals surface area contributed by atoms with Crippen LogP contribution in [0.15, 0.2) is 36.7 Å². The van der Waals surface area contributed by atoms with Gasteiger partial charge in [0.15, 0.2) is 0 Å². The third-order valence-electron chi connectivity index (χ3n) is 2.50. The molecule has 0 saturated carbocycles. The number of benzene rings is 1. The van der Waals surface area contributed by atoms with Crippen LogP contribution in [0.3, 0.4) is 0 Å². The van der Waals surface area contributed by atoms with Crippen molar-refractivity contribution in [1.29, 1.82) is 0 Å². The maximum atomic E-state index is 11.2. The van der Waals surface area contributed by atoms with Crippen LogP contribution < -0.4 is 4.90 Å². The number of hydrogen-bond acceptors (Lipinski definition) is 4. The molecule has 0 spiro atoms. The van der Waals surface area contributed by atoms with Crippen LogP contribution in [-0.4, -0.2) is 31.7 Å². The fourth-order valence-electron chi connectivity index (χ4n) is 1.60. The van der Waals surface area contributed by atoms with Crippen molar-refractivity contribution in [3.63, 3.8) is 0 Å². The summed E-state index contributed by atoms with van der Waals surface area (Å²) in [7, 11) is 3.40. The first-order chi connectivity index (χ1) is 7.70. The lowest BCUT2D eigenvalue weighted by Crippen LogP contribution is -2.21. The molecule has 0 atom stereocenters. The molecular weight excluding hydrogens is 331 g/mol. The molecule has 0 fully saturated rings. The summed E-state index contributed by atoms with van der Waals surface area (Å²) in [6.45, 7) is 0.831. The van der Waals surface area contributed by atoms with Crippen molar-refractivity contribution in [2.75, 3.05) is 25.7 Å². The van der Waals surface area contributed by atoms with E-state index in [9.17, 15) is 4.79 Å². The fraction of sp³-hybridized carbons (Fsp3) is 0.250. The van der Waals surface area contributed by atoms with Crippen molar-refractivity contribution < 1.29 is 9.53 Å². The zero-order chi connectivity index (χ0) is 11.5. The van der Waals surface area contributed by atoms with Crippen LogP contribution in [0.4, 0.5) is 5.69 Å². The Morgan fingerprint density at radius 2 is 1.88 bits per heavy atom. The molecule has 0 saturated heterocycles. The van der Waals surface area contributed by atoms with E-state index < -0.39 is 0 Å². The Balaban J connectivity index is 0.00000144. The van der Waals surface area contributed by atoms with Gasteiger partial charge < -0.3 is 14.5 Å². The Bertz CT molecular complexity index is 417. The Kier molecular flexibility index (Phi) is 4.80. The molecule has 2 rings (SSSR count). The van der Waals surface area contributed by atoms with Gasteiger partial charge in [0.1, 0.15) is 0 Å². The fourth-order valence-corrected chi connectivity index (χ4v) is 1.60. The number of ether oxygens (including phenoxy) is 1. The molecule has 0 aromatic heterocycles. The zero-order valence-corrected chi connectivity index (χ0v) is 12.1. The molecule has 0 bridgehead atoms. The van der Waals surface area contributed by atoms with Crippen LogP contribution in [0.2, 0.25) is 0 Å². The van der Waals surface area contributed by atoms with E-state index in [0.29, 0.717) is 5.56 Å². The van der Waals surface area contributed by atoms with Crippen molar-refractivity contribution in [2.45, 2.75) is 0 Å². The summed E-state index contributed by atoms with van der Waals surface area (Å²) in [5, 5.41) is 0. The Hall–Kier alpha value is -1.24. The summed E-state index contributed by atoms with van der Waals surface area (Å²) in [4.78, 5) is 15.4. The molecule has 1 aliphatic rings. The third kappa shape index (κ3) is 3.12. The van der Waals surface area contributed by atoms with Gasteiger partial charge in [0.05, 0.1) is 19.3 Å². The van der Waals surface area contributed by atoms with Crippen molar-refractivity contribution >= 4 is 35.6 Å². The molecule has 4 nitrogen and oxygen atoms in total. The first kappa shape index (κ1) is 13.8. The third-order valence-corrected chi connectivity index (χ3v) is 2.50. The maximum absolute atomic E-state index is 11.2. The smallest absolute Gasteiger partial charge is 0.337 e. The lowest BCUT2D eigenvalue weighted by molar-refractivity contribution is 0.0601. The van der Waals surface area contributed by atoms with Gasteiger partial charge >= 0.3 is 5.97 Å². The highest BCUT2D eigenvalue weighted by atomic mass is 127. The van der Waals surface area contributed by atoms with E-state index in [1.54, 1.807) is 12.1 Å². The number of carbonyl (C=O) groups is 1. The number of methoxy groups -OCH3 is 1. The van der Waals surface area contributed by atoms with Crippen molar-refractivity contribution in [3.8, 4) is 0 Å². The lowest BCUT2D eigenvalue weighted by Gasteiger charge is -2.18. The van der Waals surface area contributed by atoms with E-state index >= 15 is 0 Å². The Labute approximate surface area is 118 Å². The number of nitrogens with zero attached hydrogens (tertiary/aromatic N) is 2. The summed E-state index contributed by atoms with van der Waals surface area (Å²) in [5.41, 5.74) is 1.64. The highest BCUT2D eigenvalue weighted by molar-refractivity contribution is 14.0. The van der Waals surface area contributed by atoms with E-state index in [1.165, 1.54) is 7.11 Å². The van der Waals surface area contributed by atoms with Gasteiger partial charge in [-0.1, -0.05) is 0 Å². The van der Waals surface area contributed by atoms with Gasteiger partial charge in [0.2, 0.25) is 0 Å². The van der Waals surface area contributed by atoms with E-state index in [4.69, 9.17) is 0 Å². The summed E-state index contributed by atoms with van der Waals surface area (Å²) >= 11 is 0. The molecule has 1 aromatic rings. The van der Waals surface area contributed by atoms with Gasteiger partial charge in [-0.15, -0.1) is 24.0 Å². The minimum Gasteiger partial charge on any atom is -0.465 e. The zero-order valence-electron chi connectivity index (χ0n) is 9.79. The van der Waals surface area contributed by atoms with Crippen LogP contribution in [0.5, 0.6) is 0 Å². The number of rotatable bonds is 2. The normalized spacial score (nSPS) is 13.5. The average Bonchev–Trinajstić information content (AvgIpc) is 2.75. The molecule has 1 heterocycles. The van der Waals surface area contributed by atoms with Gasteiger partial charge in [-0.25, -0.2) is 4.79 Å². The number of carbonyl (C=O) groups excluding carboxylic acids is 1. The largest absolute Gasteiger partial charge is 0.465 e. The molecule has 0 N–H and O–H groups in total. The number of halogens is 1. The predicted octanol–water partition coefficient (Wildman–Crippen LogP) is 2.27. The van der Waals surface area contributed by atoms with Crippen molar-refractivity contribution in [3.05, 3.63) is 42.2 Å². The first-order valence-corrected chi connectivity index (χ1v) is 5.04. The van der Waals surface area contributed by atoms with Crippen molar-refractivity contribution in [2.24, 2.45) is 0 Å². The second-order valence-electron chi connectivity index (χ2n) is 3.70. The quantitative estimate of drug-likeness (QED) is 0.608. The molecular formula is C12H15IN2O2. The number of anilines is 1. The molecule has 0 aliphatic carbocycles. The standard InChI is InChI=1S/C12H14N2O2.HI/c1-13-7-8-14(9-13)11-5-3-10(4-6-11)12(15)16-2;/h3-8H,9H2,1-2H3;1H. The summed E-state index contributed by atoms with van der Waals surface area (Å²) in [6.07, 6.45) is 4.02. The first-order valence-electron chi connectivity index (χ1n) is 5.04. The van der Waals surface area contributed by atoms with Crippen LogP contribution in [-0.2, 0) is 4.74 Å². The van der Waals surface area contributed by atoms with Crippen LogP contribution >= 0.6 is 24.0 Å². The number of esters is 1. The highest BCUT2D eigenvalue weighted by Crippen LogP contribution is 2.19. The summed E-state index contributed by atoms with van der Waals surface area (Å²) in [5.74, 6) is -0.305. The Morgan fingerprint density at radius 1 is 1.24 bits per heavy atom. The minimum absolute atomic E-state index is 0. The topological polar surface area (TPSA) is 32.8 Å². The molecule has 1 aliphatic heterocycles. The second-order valence-corrected chi connectivity index (χ2v) is 3.70. The van der Waals surface area contributed by atoms with E-state index in [2.05, 4.69) is 14.5 Å². The SMILES string of the molecule is COC(=O)c1ccc(N2C=CN(C)C2)cc1.I. The summed E-state index contributed by atoms with van der Waals surface area (Å²) < 4.78 is 4.64. The molecule has 1 aromatic carbocycles. The van der Waals surface area contributed by atoms with Gasteiger partial charge in [-0.2, -0.15) is 0 Å². The lowest BCUT2D eigenvalue weighted by atomic mass is 10.2. The molecule has 0 amide bonds. The highest BCUT2D eigenvalue weighted by Gasteiger charge is 2.11. The van der Waals surface area contributed by atoms with Gasteiger partial charge in [0, 0.05) is 25.1 Å². The maximum Gasteiger partial charge on any atom is 0.337 e. The average molecular weight is 346 g/mol. The van der Waals surface area contributed by atoms with Crippen LogP contribution in [0.1, 0.15) is 10.4 Å². The Morgan fingerprint density at radius 3 is 2.35 bits per heavy atom. The molecule has 17 heavy (non-hydrogen) atoms. The van der Waals surface area contributed by atoms with Gasteiger partial charge in [-0.3, -0.25) is 0 Å². The molecule has 0 unspecified atom stereocenters. The van der Waals surface area contributed by atoms with Gasteiger partial charge in [-0.05, 0) is 24.3 Å². The van der Waals surface area contributed by atoms with Gasteiger partial charge in [0.25, 0.3) is 0 Å². The summed E-state index contributed by atoms with van der Waals surface area (Å²) in [6, 6.07) is 7.37. The van der Waals surface area contributed by atoms with E-state index in [-0.39, 0.29) is 29.9 Å². The van der Waals surface area contributed by atoms with Crippen LogP contribution in [0.25, 0.3) is 0 Å². The molecule has 5 heteroatoms. The number of hydrogen-bond donors (Lipinski definition) is 0. The second kappa shape index (κ2) is 5.90. The van der Waals surface area contributed by atoms with E-state index in [0.717, 1.165) is 12.4 Å². The predicted molar refractivity (Wildman–Crippen MR) is 77.4 cm³/mol. The van der Waals surface area contributed by atoms with Crippen LogP contribution in [0, 0.1) is 0 Å². The van der Waals surface area contributed by atoms with E-state index in [1.807, 2.05) is 31.6 Å². The van der Waals surface area contributed by atoms with Crippen molar-refractivity contribution in [1.82, 2.24) is 4.90 Å². The minimum atomic E-state index is -0.305. The molecule has 0 radical (unpaired) electrons. The molecule has 92 valence electrons. The monoisotopic (exact) mass is 346 g/mol.